The number of hydrogen-bond donors (Lipinski definition) is 1. The Balaban J connectivity index is 2.03. The van der Waals surface area contributed by atoms with Crippen LogP contribution >= 0.6 is 23.2 Å². The summed E-state index contributed by atoms with van der Waals surface area (Å²) in [6, 6.07) is 20.4. The molecule has 0 radical (unpaired) electrons. The van der Waals surface area contributed by atoms with E-state index in [4.69, 9.17) is 23.2 Å². The average Bonchev–Trinajstić information content (AvgIpc) is 2.84. The second-order valence-electron chi connectivity index (χ2n) is 8.83. The standard InChI is InChI=1S/C29H32Cl2N2O2/c1-4-15-32-29(35)27(17-22-9-6-5-7-10-22)33(19-24-25(30)11-8-12-26(24)31)28(34)18-23-16-20(2)13-14-21(23)3/h5-14,16,27H,4,15,17-19H2,1-3H3,(H,32,35)/t27-/m1/s1. The topological polar surface area (TPSA) is 49.4 Å². The van der Waals surface area contributed by atoms with Gasteiger partial charge in [0, 0.05) is 35.1 Å². The molecule has 3 rings (SSSR count). The van der Waals surface area contributed by atoms with Gasteiger partial charge in [0.25, 0.3) is 0 Å². The molecule has 0 aromatic heterocycles. The molecule has 0 saturated heterocycles. The van der Waals surface area contributed by atoms with E-state index in [0.29, 0.717) is 28.6 Å². The van der Waals surface area contributed by atoms with E-state index in [2.05, 4.69) is 5.32 Å². The van der Waals surface area contributed by atoms with Gasteiger partial charge in [-0.3, -0.25) is 9.59 Å². The zero-order valence-electron chi connectivity index (χ0n) is 20.5. The lowest BCUT2D eigenvalue weighted by Crippen LogP contribution is -2.51. The second kappa shape index (κ2) is 12.8. The fourth-order valence-electron chi connectivity index (χ4n) is 4.03. The van der Waals surface area contributed by atoms with Crippen molar-refractivity contribution in [3.8, 4) is 0 Å². The van der Waals surface area contributed by atoms with Crippen molar-refractivity contribution in [2.24, 2.45) is 0 Å². The fourth-order valence-corrected chi connectivity index (χ4v) is 4.55. The highest BCUT2D eigenvalue weighted by molar-refractivity contribution is 6.36. The maximum atomic E-state index is 13.9. The Morgan fingerprint density at radius 1 is 0.943 bits per heavy atom. The van der Waals surface area contributed by atoms with E-state index in [1.54, 1.807) is 23.1 Å². The number of aryl methyl sites for hydroxylation is 2. The molecule has 0 bridgehead atoms. The lowest BCUT2D eigenvalue weighted by atomic mass is 9.99. The molecule has 0 heterocycles. The number of nitrogens with zero attached hydrogens (tertiary/aromatic N) is 1. The van der Waals surface area contributed by atoms with Gasteiger partial charge in [-0.1, -0.05) is 90.3 Å². The molecule has 1 N–H and O–H groups in total. The summed E-state index contributed by atoms with van der Waals surface area (Å²) in [5.41, 5.74) is 4.67. The fraction of sp³-hybridized carbons (Fsp3) is 0.310. The minimum absolute atomic E-state index is 0.138. The molecule has 35 heavy (non-hydrogen) atoms. The number of nitrogens with one attached hydrogen (secondary N) is 1. The van der Waals surface area contributed by atoms with E-state index in [1.807, 2.05) is 69.3 Å². The number of carbonyl (C=O) groups is 2. The molecule has 4 nitrogen and oxygen atoms in total. The summed E-state index contributed by atoms with van der Waals surface area (Å²) in [6.45, 7) is 6.67. The first-order chi connectivity index (χ1) is 16.8. The van der Waals surface area contributed by atoms with E-state index in [0.717, 1.165) is 28.7 Å². The van der Waals surface area contributed by atoms with Gasteiger partial charge in [-0.2, -0.15) is 0 Å². The summed E-state index contributed by atoms with van der Waals surface area (Å²) >= 11 is 13.0. The van der Waals surface area contributed by atoms with Crippen molar-refractivity contribution >= 4 is 35.0 Å². The van der Waals surface area contributed by atoms with Crippen LogP contribution in [0.25, 0.3) is 0 Å². The number of carbonyl (C=O) groups excluding carboxylic acids is 2. The zero-order chi connectivity index (χ0) is 25.4. The van der Waals surface area contributed by atoms with Crippen LogP contribution in [0.2, 0.25) is 10.0 Å². The van der Waals surface area contributed by atoms with Crippen LogP contribution < -0.4 is 5.32 Å². The van der Waals surface area contributed by atoms with Crippen molar-refractivity contribution in [1.29, 1.82) is 0 Å². The Morgan fingerprint density at radius 2 is 1.63 bits per heavy atom. The second-order valence-corrected chi connectivity index (χ2v) is 9.64. The number of rotatable bonds is 10. The molecule has 0 saturated carbocycles. The van der Waals surface area contributed by atoms with Crippen molar-refractivity contribution in [1.82, 2.24) is 10.2 Å². The van der Waals surface area contributed by atoms with Gasteiger partial charge in [-0.05, 0) is 49.1 Å². The van der Waals surface area contributed by atoms with E-state index >= 15 is 0 Å². The third kappa shape index (κ3) is 7.33. The maximum Gasteiger partial charge on any atom is 0.243 e. The van der Waals surface area contributed by atoms with Crippen molar-refractivity contribution in [3.63, 3.8) is 0 Å². The van der Waals surface area contributed by atoms with E-state index < -0.39 is 6.04 Å². The molecule has 0 fully saturated rings. The molecular formula is C29H32Cl2N2O2. The molecule has 0 unspecified atom stereocenters. The van der Waals surface area contributed by atoms with Crippen molar-refractivity contribution < 1.29 is 9.59 Å². The van der Waals surface area contributed by atoms with E-state index in [1.165, 1.54) is 0 Å². The van der Waals surface area contributed by atoms with Gasteiger partial charge in [0.15, 0.2) is 0 Å². The Bertz CT molecular complexity index is 1140. The minimum atomic E-state index is -0.714. The van der Waals surface area contributed by atoms with Crippen LogP contribution in [0.1, 0.15) is 41.2 Å². The minimum Gasteiger partial charge on any atom is -0.354 e. The molecular weight excluding hydrogens is 479 g/mol. The van der Waals surface area contributed by atoms with E-state index in [-0.39, 0.29) is 24.8 Å². The van der Waals surface area contributed by atoms with Crippen LogP contribution in [-0.2, 0) is 29.0 Å². The van der Waals surface area contributed by atoms with Crippen LogP contribution in [0, 0.1) is 13.8 Å². The first-order valence-corrected chi connectivity index (χ1v) is 12.7. The van der Waals surface area contributed by atoms with Crippen LogP contribution in [0.3, 0.4) is 0 Å². The highest BCUT2D eigenvalue weighted by atomic mass is 35.5. The molecule has 6 heteroatoms. The van der Waals surface area contributed by atoms with Gasteiger partial charge >= 0.3 is 0 Å². The first kappa shape index (κ1) is 26.8. The third-order valence-electron chi connectivity index (χ3n) is 6.06. The number of benzene rings is 3. The number of hydrogen-bond acceptors (Lipinski definition) is 2. The molecule has 3 aromatic rings. The smallest absolute Gasteiger partial charge is 0.243 e. The van der Waals surface area contributed by atoms with Crippen LogP contribution in [0.5, 0.6) is 0 Å². The summed E-state index contributed by atoms with van der Waals surface area (Å²) in [5, 5.41) is 3.92. The maximum absolute atomic E-state index is 13.9. The van der Waals surface area contributed by atoms with Crippen LogP contribution in [0.15, 0.2) is 66.7 Å². The van der Waals surface area contributed by atoms with Crippen LogP contribution in [0.4, 0.5) is 0 Å². The largest absolute Gasteiger partial charge is 0.354 e. The molecule has 0 aliphatic heterocycles. The summed E-state index contributed by atoms with van der Waals surface area (Å²) < 4.78 is 0. The van der Waals surface area contributed by atoms with Gasteiger partial charge in [-0.15, -0.1) is 0 Å². The third-order valence-corrected chi connectivity index (χ3v) is 6.77. The van der Waals surface area contributed by atoms with Gasteiger partial charge < -0.3 is 10.2 Å². The Hall–Kier alpha value is -2.82. The van der Waals surface area contributed by atoms with Gasteiger partial charge in [0.05, 0.1) is 6.42 Å². The molecule has 0 aliphatic carbocycles. The molecule has 3 aromatic carbocycles. The summed E-state index contributed by atoms with van der Waals surface area (Å²) in [6.07, 6.45) is 1.37. The Kier molecular flexibility index (Phi) is 9.76. The Morgan fingerprint density at radius 3 is 2.29 bits per heavy atom. The molecule has 2 amide bonds. The lowest BCUT2D eigenvalue weighted by molar-refractivity contribution is -0.140. The first-order valence-electron chi connectivity index (χ1n) is 11.9. The highest BCUT2D eigenvalue weighted by Gasteiger charge is 2.31. The van der Waals surface area contributed by atoms with Gasteiger partial charge in [0.2, 0.25) is 11.8 Å². The van der Waals surface area contributed by atoms with Crippen molar-refractivity contribution in [3.05, 3.63) is 105 Å². The number of halogens is 2. The van der Waals surface area contributed by atoms with Crippen LogP contribution in [-0.4, -0.2) is 29.3 Å². The summed E-state index contributed by atoms with van der Waals surface area (Å²) in [5.74, 6) is -0.338. The quantitative estimate of drug-likeness (QED) is 0.346. The van der Waals surface area contributed by atoms with Crippen molar-refractivity contribution in [2.45, 2.75) is 52.6 Å². The van der Waals surface area contributed by atoms with Crippen molar-refractivity contribution in [2.75, 3.05) is 6.54 Å². The van der Waals surface area contributed by atoms with Gasteiger partial charge in [0.1, 0.15) is 6.04 Å². The number of amides is 2. The molecule has 1 atom stereocenters. The summed E-state index contributed by atoms with van der Waals surface area (Å²) in [4.78, 5) is 28.9. The predicted octanol–water partition coefficient (Wildman–Crippen LogP) is 6.32. The zero-order valence-corrected chi connectivity index (χ0v) is 22.0. The molecule has 184 valence electrons. The monoisotopic (exact) mass is 510 g/mol. The SMILES string of the molecule is CCCNC(=O)[C@@H](Cc1ccccc1)N(Cc1c(Cl)cccc1Cl)C(=O)Cc1cc(C)ccc1C. The predicted molar refractivity (Wildman–Crippen MR) is 144 cm³/mol. The lowest BCUT2D eigenvalue weighted by Gasteiger charge is -2.32. The van der Waals surface area contributed by atoms with Gasteiger partial charge in [-0.25, -0.2) is 0 Å². The highest BCUT2D eigenvalue weighted by Crippen LogP contribution is 2.28. The average molecular weight is 511 g/mol. The molecule has 0 aliphatic rings. The Labute approximate surface area is 218 Å². The summed E-state index contributed by atoms with van der Waals surface area (Å²) in [7, 11) is 0. The normalized spacial score (nSPS) is 11.7. The van der Waals surface area contributed by atoms with E-state index in [9.17, 15) is 9.59 Å². The molecule has 0 spiro atoms.